The Morgan fingerprint density at radius 3 is 2.33 bits per heavy atom. The summed E-state index contributed by atoms with van der Waals surface area (Å²) in [5.74, 6) is -0.318. The van der Waals surface area contributed by atoms with Crippen molar-refractivity contribution in [2.45, 2.75) is 6.54 Å². The van der Waals surface area contributed by atoms with E-state index in [1.54, 1.807) is 24.3 Å². The van der Waals surface area contributed by atoms with E-state index in [1.807, 2.05) is 12.1 Å². The van der Waals surface area contributed by atoms with Gasteiger partial charge in [0.05, 0.1) is 14.4 Å². The van der Waals surface area contributed by atoms with Crippen molar-refractivity contribution >= 4 is 55.3 Å². The molecule has 1 fully saturated rings. The molecule has 1 saturated heterocycles. The SMILES string of the molecule is Nc1sc(Br)c(CN2CCN(c3ccc(F)cc3)CC2)c1C(=O)c1ccc(Cl)cc1. The number of nitrogen functional groups attached to an aromatic ring is 1. The maximum absolute atomic E-state index is 13.2. The Morgan fingerprint density at radius 2 is 1.70 bits per heavy atom. The first-order valence-electron chi connectivity index (χ1n) is 9.52. The van der Waals surface area contributed by atoms with Crippen LogP contribution in [-0.2, 0) is 6.54 Å². The first-order valence-corrected chi connectivity index (χ1v) is 11.5. The zero-order chi connectivity index (χ0) is 21.3. The summed E-state index contributed by atoms with van der Waals surface area (Å²) in [6, 6.07) is 13.5. The van der Waals surface area contributed by atoms with Gasteiger partial charge in [0.1, 0.15) is 5.82 Å². The molecule has 2 aromatic carbocycles. The van der Waals surface area contributed by atoms with Gasteiger partial charge in [-0.1, -0.05) is 11.6 Å². The van der Waals surface area contributed by atoms with Crippen LogP contribution >= 0.6 is 38.9 Å². The average molecular weight is 509 g/mol. The summed E-state index contributed by atoms with van der Waals surface area (Å²) in [4.78, 5) is 17.7. The maximum Gasteiger partial charge on any atom is 0.196 e. The third-order valence-corrected chi connectivity index (χ3v) is 7.33. The topological polar surface area (TPSA) is 49.6 Å². The van der Waals surface area contributed by atoms with Crippen LogP contribution in [-0.4, -0.2) is 36.9 Å². The second-order valence-corrected chi connectivity index (χ2v) is 9.98. The normalized spacial score (nSPS) is 14.8. The lowest BCUT2D eigenvalue weighted by Crippen LogP contribution is -2.46. The highest BCUT2D eigenvalue weighted by Gasteiger charge is 2.25. The molecule has 0 aliphatic carbocycles. The number of rotatable bonds is 5. The third-order valence-electron chi connectivity index (χ3n) is 5.26. The van der Waals surface area contributed by atoms with Crippen molar-refractivity contribution in [3.8, 4) is 0 Å². The number of hydrogen-bond acceptors (Lipinski definition) is 5. The summed E-state index contributed by atoms with van der Waals surface area (Å²) in [7, 11) is 0. The zero-order valence-corrected chi connectivity index (χ0v) is 19.2. The van der Waals surface area contributed by atoms with Crippen LogP contribution in [0.4, 0.5) is 15.1 Å². The third kappa shape index (κ3) is 4.54. The second kappa shape index (κ2) is 9.06. The van der Waals surface area contributed by atoms with Crippen molar-refractivity contribution in [2.75, 3.05) is 36.8 Å². The molecule has 156 valence electrons. The molecule has 1 aliphatic heterocycles. The smallest absolute Gasteiger partial charge is 0.196 e. The molecule has 1 aromatic heterocycles. The molecule has 4 rings (SSSR count). The van der Waals surface area contributed by atoms with E-state index in [9.17, 15) is 9.18 Å². The van der Waals surface area contributed by atoms with Gasteiger partial charge < -0.3 is 10.6 Å². The van der Waals surface area contributed by atoms with Gasteiger partial charge in [-0.25, -0.2) is 4.39 Å². The molecule has 0 amide bonds. The Morgan fingerprint density at radius 1 is 1.07 bits per heavy atom. The van der Waals surface area contributed by atoms with Crippen LogP contribution in [0.25, 0.3) is 0 Å². The van der Waals surface area contributed by atoms with Crippen LogP contribution < -0.4 is 10.6 Å². The number of ketones is 1. The van der Waals surface area contributed by atoms with Gasteiger partial charge in [0.25, 0.3) is 0 Å². The highest BCUT2D eigenvalue weighted by Crippen LogP contribution is 2.38. The standard InChI is InChI=1S/C22H20BrClFN3OS/c23-21-18(19(22(26)30-21)20(29)14-1-3-15(24)4-2-14)13-27-9-11-28(12-10-27)17-7-5-16(25)6-8-17/h1-8H,9-13,26H2. The molecule has 0 unspecified atom stereocenters. The van der Waals surface area contributed by atoms with E-state index < -0.39 is 0 Å². The number of carbonyl (C=O) groups is 1. The summed E-state index contributed by atoms with van der Waals surface area (Å²) >= 11 is 10.9. The molecule has 1 aliphatic rings. The van der Waals surface area contributed by atoms with Crippen LogP contribution in [0.5, 0.6) is 0 Å². The summed E-state index contributed by atoms with van der Waals surface area (Å²) < 4.78 is 14.1. The van der Waals surface area contributed by atoms with E-state index >= 15 is 0 Å². The van der Waals surface area contributed by atoms with Crippen LogP contribution in [0.15, 0.2) is 52.3 Å². The van der Waals surface area contributed by atoms with Gasteiger partial charge in [0.2, 0.25) is 0 Å². The Balaban J connectivity index is 1.48. The molecule has 4 nitrogen and oxygen atoms in total. The maximum atomic E-state index is 13.2. The molecular weight excluding hydrogens is 489 g/mol. The molecule has 0 radical (unpaired) electrons. The van der Waals surface area contributed by atoms with E-state index in [-0.39, 0.29) is 11.6 Å². The van der Waals surface area contributed by atoms with Crippen molar-refractivity contribution in [1.29, 1.82) is 0 Å². The molecule has 0 bridgehead atoms. The van der Waals surface area contributed by atoms with Crippen molar-refractivity contribution in [3.63, 3.8) is 0 Å². The molecule has 0 spiro atoms. The fourth-order valence-electron chi connectivity index (χ4n) is 3.63. The molecule has 0 atom stereocenters. The Kier molecular flexibility index (Phi) is 6.43. The number of nitrogens with zero attached hydrogens (tertiary/aromatic N) is 2. The Labute approximate surface area is 192 Å². The Hall–Kier alpha value is -1.93. The minimum Gasteiger partial charge on any atom is -0.390 e. The monoisotopic (exact) mass is 507 g/mol. The lowest BCUT2D eigenvalue weighted by Gasteiger charge is -2.36. The highest BCUT2D eigenvalue weighted by molar-refractivity contribution is 9.11. The number of carbonyl (C=O) groups excluding carboxylic acids is 1. The number of nitrogens with two attached hydrogens (primary N) is 1. The number of benzene rings is 2. The number of hydrogen-bond donors (Lipinski definition) is 1. The van der Waals surface area contributed by atoms with E-state index in [0.717, 1.165) is 41.2 Å². The molecule has 30 heavy (non-hydrogen) atoms. The van der Waals surface area contributed by atoms with Crippen molar-refractivity contribution in [1.82, 2.24) is 4.90 Å². The van der Waals surface area contributed by atoms with E-state index in [2.05, 4.69) is 25.7 Å². The fourth-order valence-corrected chi connectivity index (χ4v) is 5.41. The van der Waals surface area contributed by atoms with Crippen molar-refractivity contribution in [3.05, 3.63) is 79.8 Å². The number of piperazine rings is 1. The van der Waals surface area contributed by atoms with Gasteiger partial charge in [0.15, 0.2) is 5.78 Å². The summed E-state index contributed by atoms with van der Waals surface area (Å²) in [5.41, 5.74) is 9.29. The van der Waals surface area contributed by atoms with Crippen molar-refractivity contribution < 1.29 is 9.18 Å². The predicted molar refractivity (Wildman–Crippen MR) is 125 cm³/mol. The predicted octanol–water partition coefficient (Wildman–Crippen LogP) is 5.44. The molecule has 2 N–H and O–H groups in total. The molecule has 0 saturated carbocycles. The van der Waals surface area contributed by atoms with Gasteiger partial charge in [-0.3, -0.25) is 9.69 Å². The summed E-state index contributed by atoms with van der Waals surface area (Å²) in [5, 5.41) is 1.10. The van der Waals surface area contributed by atoms with Gasteiger partial charge in [-0.15, -0.1) is 11.3 Å². The van der Waals surface area contributed by atoms with Crippen LogP contribution in [0.1, 0.15) is 21.5 Å². The van der Waals surface area contributed by atoms with Crippen LogP contribution in [0.2, 0.25) is 5.02 Å². The first-order chi connectivity index (χ1) is 14.4. The molecular formula is C22H20BrClFN3OS. The lowest BCUT2D eigenvalue weighted by atomic mass is 10.0. The van der Waals surface area contributed by atoms with Gasteiger partial charge in [-0.2, -0.15) is 0 Å². The zero-order valence-electron chi connectivity index (χ0n) is 16.1. The summed E-state index contributed by atoms with van der Waals surface area (Å²) in [6.07, 6.45) is 0. The first kappa shape index (κ1) is 21.3. The van der Waals surface area contributed by atoms with Gasteiger partial charge in [0, 0.05) is 54.6 Å². The minimum absolute atomic E-state index is 0.0916. The van der Waals surface area contributed by atoms with Gasteiger partial charge in [-0.05, 0) is 64.5 Å². The second-order valence-electron chi connectivity index (χ2n) is 7.17. The Bertz CT molecular complexity index is 1050. The molecule has 2 heterocycles. The molecule has 3 aromatic rings. The minimum atomic E-state index is -0.227. The quantitative estimate of drug-likeness (QED) is 0.466. The van der Waals surface area contributed by atoms with Crippen molar-refractivity contribution in [2.24, 2.45) is 0 Å². The largest absolute Gasteiger partial charge is 0.390 e. The number of thiophene rings is 1. The van der Waals surface area contributed by atoms with E-state index in [0.29, 0.717) is 27.7 Å². The summed E-state index contributed by atoms with van der Waals surface area (Å²) in [6.45, 7) is 4.00. The highest BCUT2D eigenvalue weighted by atomic mass is 79.9. The molecule has 8 heteroatoms. The number of anilines is 2. The fraction of sp³-hybridized carbons (Fsp3) is 0.227. The average Bonchev–Trinajstić information content (AvgIpc) is 3.02. The van der Waals surface area contributed by atoms with E-state index in [1.165, 1.54) is 23.5 Å². The van der Waals surface area contributed by atoms with Crippen LogP contribution in [0.3, 0.4) is 0 Å². The van der Waals surface area contributed by atoms with Crippen LogP contribution in [0, 0.1) is 5.82 Å². The lowest BCUT2D eigenvalue weighted by molar-refractivity contribution is 0.103. The number of halogens is 3. The van der Waals surface area contributed by atoms with E-state index in [4.69, 9.17) is 17.3 Å². The van der Waals surface area contributed by atoms with Gasteiger partial charge >= 0.3 is 0 Å².